The number of aromatic amines is 1. The Morgan fingerprint density at radius 2 is 1.92 bits per heavy atom. The van der Waals surface area contributed by atoms with Gasteiger partial charge in [-0.25, -0.2) is 4.79 Å². The lowest BCUT2D eigenvalue weighted by Gasteiger charge is -2.30. The Bertz CT molecular complexity index is 1210. The molecule has 0 aliphatic carbocycles. The molecule has 0 bridgehead atoms. The number of carboxylic acid groups (broad SMARTS) is 1. The van der Waals surface area contributed by atoms with E-state index < -0.39 is 47.9 Å². The summed E-state index contributed by atoms with van der Waals surface area (Å²) in [6.07, 6.45) is 3.64. The smallest absolute Gasteiger partial charge is 0.327 e. The molecule has 14 heteroatoms. The van der Waals surface area contributed by atoms with E-state index in [0.29, 0.717) is 38.8 Å². The van der Waals surface area contributed by atoms with E-state index in [9.17, 15) is 24.3 Å². The molecule has 1 aliphatic rings. The van der Waals surface area contributed by atoms with Crippen molar-refractivity contribution in [2.75, 3.05) is 18.8 Å². The second-order valence-electron chi connectivity index (χ2n) is 9.45. The number of nitrogens with two attached hydrogens (primary N) is 3. The molecule has 3 amide bonds. The van der Waals surface area contributed by atoms with Crippen LogP contribution in [0.4, 0.5) is 0 Å². The Hall–Kier alpha value is -3.78. The molecule has 13 nitrogen and oxygen atoms in total. The van der Waals surface area contributed by atoms with E-state index in [1.54, 1.807) is 6.20 Å². The lowest BCUT2D eigenvalue weighted by atomic mass is 10.0. The Morgan fingerprint density at radius 3 is 2.62 bits per heavy atom. The second kappa shape index (κ2) is 13.8. The van der Waals surface area contributed by atoms with Crippen LogP contribution in [-0.4, -0.2) is 87.7 Å². The zero-order valence-corrected chi connectivity index (χ0v) is 22.4. The molecular formula is C25H36N8O5S. The predicted octanol–water partition coefficient (Wildman–Crippen LogP) is -0.934. The van der Waals surface area contributed by atoms with E-state index in [4.69, 9.17) is 17.2 Å². The van der Waals surface area contributed by atoms with Gasteiger partial charge in [0.15, 0.2) is 5.96 Å². The third-order valence-electron chi connectivity index (χ3n) is 6.65. The van der Waals surface area contributed by atoms with Crippen molar-refractivity contribution in [3.05, 3.63) is 36.0 Å². The van der Waals surface area contributed by atoms with Crippen molar-refractivity contribution < 1.29 is 24.3 Å². The first-order valence-corrected chi connectivity index (χ1v) is 13.4. The third kappa shape index (κ3) is 7.86. The number of H-pyrrole nitrogens is 1. The number of carboxylic acids is 1. The average Bonchev–Trinajstić information content (AvgIpc) is 3.56. The van der Waals surface area contributed by atoms with E-state index >= 15 is 0 Å². The molecule has 1 saturated heterocycles. The normalized spacial score (nSPS) is 17.3. The number of guanidine groups is 1. The molecule has 1 aromatic carbocycles. The summed E-state index contributed by atoms with van der Waals surface area (Å²) >= 11 is 3.99. The van der Waals surface area contributed by atoms with Gasteiger partial charge < -0.3 is 42.8 Å². The molecule has 1 fully saturated rings. The molecular weight excluding hydrogens is 524 g/mol. The summed E-state index contributed by atoms with van der Waals surface area (Å²) in [7, 11) is 0. The molecule has 0 saturated carbocycles. The molecule has 3 rings (SSSR count). The molecule has 2 aromatic rings. The SMILES string of the molecule is NC(N)=NCCCC(N)C(=O)NC(Cc1c[nH]c2ccccc12)C(=O)N1CCCC1C(=O)NC(CS)C(=O)O. The summed E-state index contributed by atoms with van der Waals surface area (Å²) in [6.45, 7) is 0.607. The largest absolute Gasteiger partial charge is 0.480 e. The van der Waals surface area contributed by atoms with Crippen molar-refractivity contribution in [2.24, 2.45) is 22.2 Å². The van der Waals surface area contributed by atoms with Gasteiger partial charge in [0, 0.05) is 42.4 Å². The fourth-order valence-electron chi connectivity index (χ4n) is 4.61. The zero-order chi connectivity index (χ0) is 28.5. The van der Waals surface area contributed by atoms with Gasteiger partial charge in [-0.15, -0.1) is 0 Å². The summed E-state index contributed by atoms with van der Waals surface area (Å²) in [5.74, 6) is -2.90. The van der Waals surface area contributed by atoms with Gasteiger partial charge in [0.2, 0.25) is 17.7 Å². The summed E-state index contributed by atoms with van der Waals surface area (Å²) in [5, 5.41) is 15.4. The van der Waals surface area contributed by atoms with Crippen molar-refractivity contribution in [1.82, 2.24) is 20.5 Å². The van der Waals surface area contributed by atoms with E-state index in [1.807, 2.05) is 24.3 Å². The van der Waals surface area contributed by atoms with Crippen LogP contribution in [0.3, 0.4) is 0 Å². The number of aliphatic carboxylic acids is 1. The molecule has 10 N–H and O–H groups in total. The monoisotopic (exact) mass is 560 g/mol. The first kappa shape index (κ1) is 29.8. The number of fused-ring (bicyclic) bond motifs is 1. The van der Waals surface area contributed by atoms with Crippen LogP contribution in [0.15, 0.2) is 35.5 Å². The van der Waals surface area contributed by atoms with Crippen LogP contribution < -0.4 is 27.8 Å². The van der Waals surface area contributed by atoms with Crippen molar-refractivity contribution in [3.63, 3.8) is 0 Å². The number of hydrogen-bond acceptors (Lipinski definition) is 7. The number of amides is 3. The molecule has 2 heterocycles. The Labute approximate surface area is 231 Å². The third-order valence-corrected chi connectivity index (χ3v) is 7.02. The van der Waals surface area contributed by atoms with Gasteiger partial charge in [0.05, 0.1) is 6.04 Å². The van der Waals surface area contributed by atoms with Crippen LogP contribution in [0.25, 0.3) is 10.9 Å². The van der Waals surface area contributed by atoms with E-state index in [-0.39, 0.29) is 18.1 Å². The van der Waals surface area contributed by atoms with Crippen LogP contribution in [0.1, 0.15) is 31.2 Å². The van der Waals surface area contributed by atoms with Crippen LogP contribution in [0, 0.1) is 0 Å². The molecule has 1 aromatic heterocycles. The van der Waals surface area contributed by atoms with Gasteiger partial charge in [-0.2, -0.15) is 12.6 Å². The molecule has 212 valence electrons. The van der Waals surface area contributed by atoms with Gasteiger partial charge >= 0.3 is 5.97 Å². The highest BCUT2D eigenvalue weighted by Crippen LogP contribution is 2.23. The molecule has 39 heavy (non-hydrogen) atoms. The highest BCUT2D eigenvalue weighted by Gasteiger charge is 2.39. The number of nitrogens with one attached hydrogen (secondary N) is 3. The Balaban J connectivity index is 1.79. The number of aromatic nitrogens is 1. The minimum Gasteiger partial charge on any atom is -0.480 e. The molecule has 4 atom stereocenters. The maximum absolute atomic E-state index is 13.8. The summed E-state index contributed by atoms with van der Waals surface area (Å²) < 4.78 is 0. The fraction of sp³-hybridized carbons (Fsp3) is 0.480. The van der Waals surface area contributed by atoms with Gasteiger partial charge in [0.1, 0.15) is 18.1 Å². The van der Waals surface area contributed by atoms with E-state index in [1.165, 1.54) is 4.90 Å². The number of thiol groups is 1. The summed E-state index contributed by atoms with van der Waals surface area (Å²) in [6, 6.07) is 3.62. The Morgan fingerprint density at radius 1 is 1.18 bits per heavy atom. The minimum absolute atomic E-state index is 0.0503. The fourth-order valence-corrected chi connectivity index (χ4v) is 4.85. The molecule has 4 unspecified atom stereocenters. The minimum atomic E-state index is -1.22. The zero-order valence-electron chi connectivity index (χ0n) is 21.5. The maximum Gasteiger partial charge on any atom is 0.327 e. The van der Waals surface area contributed by atoms with Crippen LogP contribution >= 0.6 is 12.6 Å². The van der Waals surface area contributed by atoms with Crippen LogP contribution in [0.2, 0.25) is 0 Å². The molecule has 1 aliphatic heterocycles. The van der Waals surface area contributed by atoms with Crippen LogP contribution in [0.5, 0.6) is 0 Å². The number of carbonyl (C=O) groups is 4. The van der Waals surface area contributed by atoms with Gasteiger partial charge in [-0.1, -0.05) is 18.2 Å². The van der Waals surface area contributed by atoms with Crippen molar-refractivity contribution in [3.8, 4) is 0 Å². The van der Waals surface area contributed by atoms with Gasteiger partial charge in [-0.3, -0.25) is 19.4 Å². The number of aliphatic imine (C=N–C) groups is 1. The van der Waals surface area contributed by atoms with E-state index in [2.05, 4.69) is 33.2 Å². The number of likely N-dealkylation sites (tertiary alicyclic amines) is 1. The number of nitrogens with zero attached hydrogens (tertiary/aromatic N) is 2. The number of rotatable bonds is 13. The highest BCUT2D eigenvalue weighted by molar-refractivity contribution is 7.80. The standard InChI is InChI=1S/C25H36N8O5S/c26-16(6-3-9-29-25(27)28)21(34)31-18(11-14-12-30-17-7-2-1-5-15(14)17)23(36)33-10-4-8-20(33)22(35)32-19(13-39)24(37)38/h1-2,5,7,12,16,18-20,30,39H,3-4,6,8-11,13,26H2,(H,31,34)(H,32,35)(H,37,38)(H4,27,28,29). The number of para-hydroxylation sites is 1. The Kier molecular flexibility index (Phi) is 10.6. The lowest BCUT2D eigenvalue weighted by molar-refractivity contribution is -0.144. The predicted molar refractivity (Wildman–Crippen MR) is 150 cm³/mol. The number of hydrogen-bond donors (Lipinski definition) is 8. The topological polar surface area (TPSA) is 222 Å². The second-order valence-corrected chi connectivity index (χ2v) is 9.82. The lowest BCUT2D eigenvalue weighted by Crippen LogP contribution is -2.57. The van der Waals surface area contributed by atoms with Gasteiger partial charge in [0.25, 0.3) is 0 Å². The maximum atomic E-state index is 13.8. The van der Waals surface area contributed by atoms with Gasteiger partial charge in [-0.05, 0) is 37.3 Å². The number of carbonyl (C=O) groups excluding carboxylic acids is 3. The first-order valence-electron chi connectivity index (χ1n) is 12.7. The summed E-state index contributed by atoms with van der Waals surface area (Å²) in [4.78, 5) is 59.6. The summed E-state index contributed by atoms with van der Waals surface area (Å²) in [5.41, 5.74) is 18.4. The first-order chi connectivity index (χ1) is 18.6. The quantitative estimate of drug-likeness (QED) is 0.0659. The van der Waals surface area contributed by atoms with Crippen molar-refractivity contribution in [2.45, 2.75) is 56.3 Å². The van der Waals surface area contributed by atoms with Crippen molar-refractivity contribution >= 4 is 53.2 Å². The number of benzene rings is 1. The highest BCUT2D eigenvalue weighted by atomic mass is 32.1. The van der Waals surface area contributed by atoms with Crippen molar-refractivity contribution in [1.29, 1.82) is 0 Å². The molecule has 0 radical (unpaired) electrons. The average molecular weight is 561 g/mol. The van der Waals surface area contributed by atoms with Crippen LogP contribution in [-0.2, 0) is 25.6 Å². The molecule has 0 spiro atoms. The van der Waals surface area contributed by atoms with E-state index in [0.717, 1.165) is 16.5 Å².